The first kappa shape index (κ1) is 17.8. The summed E-state index contributed by atoms with van der Waals surface area (Å²) in [7, 11) is 1.32. The lowest BCUT2D eigenvalue weighted by atomic mass is 9.77. The predicted octanol–water partition coefficient (Wildman–Crippen LogP) is 6.46. The normalized spacial score (nSPS) is 20.5. The molecule has 2 aromatic carbocycles. The molecule has 0 saturated heterocycles. The Balaban J connectivity index is 1.87. The number of benzene rings is 2. The van der Waals surface area contributed by atoms with Gasteiger partial charge in [0.25, 0.3) is 0 Å². The van der Waals surface area contributed by atoms with Gasteiger partial charge in [-0.05, 0) is 48.6 Å². The Hall–Kier alpha value is -1.97. The van der Waals surface area contributed by atoms with Gasteiger partial charge in [0.1, 0.15) is 5.75 Å². The van der Waals surface area contributed by atoms with Crippen LogP contribution in [-0.2, 0) is 0 Å². The SMILES string of the molecule is CCC1CCC(c2ccc(-c3c(OC)cc(F)c(F)c3F)cc2)CC1. The summed E-state index contributed by atoms with van der Waals surface area (Å²) in [5.41, 5.74) is 1.67. The van der Waals surface area contributed by atoms with Crippen LogP contribution in [-0.4, -0.2) is 7.11 Å². The maximum Gasteiger partial charge on any atom is 0.195 e. The predicted molar refractivity (Wildman–Crippen MR) is 93.3 cm³/mol. The van der Waals surface area contributed by atoms with Gasteiger partial charge in [-0.1, -0.05) is 37.6 Å². The van der Waals surface area contributed by atoms with Gasteiger partial charge in [0.15, 0.2) is 17.5 Å². The van der Waals surface area contributed by atoms with E-state index in [1.165, 1.54) is 44.8 Å². The second-order valence-corrected chi connectivity index (χ2v) is 6.81. The van der Waals surface area contributed by atoms with Gasteiger partial charge in [0, 0.05) is 6.07 Å². The fraction of sp³-hybridized carbons (Fsp3) is 0.429. The van der Waals surface area contributed by atoms with Gasteiger partial charge >= 0.3 is 0 Å². The molecular weight excluding hydrogens is 325 g/mol. The van der Waals surface area contributed by atoms with Gasteiger partial charge in [-0.3, -0.25) is 0 Å². The molecule has 0 spiro atoms. The molecule has 0 heterocycles. The quantitative estimate of drug-likeness (QED) is 0.576. The van der Waals surface area contributed by atoms with Gasteiger partial charge < -0.3 is 4.74 Å². The Morgan fingerprint density at radius 3 is 2.16 bits per heavy atom. The smallest absolute Gasteiger partial charge is 0.195 e. The first-order valence-electron chi connectivity index (χ1n) is 8.87. The van der Waals surface area contributed by atoms with Crippen molar-refractivity contribution < 1.29 is 17.9 Å². The van der Waals surface area contributed by atoms with Crippen molar-refractivity contribution in [3.8, 4) is 16.9 Å². The fourth-order valence-corrected chi connectivity index (χ4v) is 3.83. The van der Waals surface area contributed by atoms with Gasteiger partial charge in [-0.2, -0.15) is 0 Å². The van der Waals surface area contributed by atoms with E-state index in [1.807, 2.05) is 12.1 Å². The molecule has 25 heavy (non-hydrogen) atoms. The van der Waals surface area contributed by atoms with Crippen molar-refractivity contribution in [3.63, 3.8) is 0 Å². The number of ether oxygens (including phenoxy) is 1. The van der Waals surface area contributed by atoms with E-state index in [1.54, 1.807) is 12.1 Å². The topological polar surface area (TPSA) is 9.23 Å². The Morgan fingerprint density at radius 1 is 0.960 bits per heavy atom. The monoisotopic (exact) mass is 348 g/mol. The standard InChI is InChI=1S/C21H23F3O/c1-3-13-4-6-14(7-5-13)15-8-10-16(11-9-15)19-18(25-2)12-17(22)20(23)21(19)24/h8-14H,3-7H2,1-2H3. The average Bonchev–Trinajstić information content (AvgIpc) is 2.66. The lowest BCUT2D eigenvalue weighted by molar-refractivity contribution is 0.319. The highest BCUT2D eigenvalue weighted by Crippen LogP contribution is 2.39. The third-order valence-electron chi connectivity index (χ3n) is 5.44. The number of methoxy groups -OCH3 is 1. The van der Waals surface area contributed by atoms with E-state index in [2.05, 4.69) is 6.92 Å². The van der Waals surface area contributed by atoms with Crippen LogP contribution in [0.3, 0.4) is 0 Å². The van der Waals surface area contributed by atoms with E-state index in [0.29, 0.717) is 11.5 Å². The van der Waals surface area contributed by atoms with Crippen LogP contribution >= 0.6 is 0 Å². The molecule has 4 heteroatoms. The molecule has 0 atom stereocenters. The van der Waals surface area contributed by atoms with Gasteiger partial charge in [0.2, 0.25) is 0 Å². The maximum absolute atomic E-state index is 14.2. The molecule has 1 nitrogen and oxygen atoms in total. The highest BCUT2D eigenvalue weighted by molar-refractivity contribution is 5.71. The van der Waals surface area contributed by atoms with Crippen LogP contribution in [0.2, 0.25) is 0 Å². The van der Waals surface area contributed by atoms with Gasteiger partial charge in [-0.15, -0.1) is 0 Å². The number of rotatable bonds is 4. The fourth-order valence-electron chi connectivity index (χ4n) is 3.83. The summed E-state index contributed by atoms with van der Waals surface area (Å²) < 4.78 is 46.3. The van der Waals surface area contributed by atoms with Crippen LogP contribution in [0.25, 0.3) is 11.1 Å². The number of hydrogen-bond acceptors (Lipinski definition) is 1. The van der Waals surface area contributed by atoms with Crippen molar-refractivity contribution in [2.24, 2.45) is 5.92 Å². The van der Waals surface area contributed by atoms with E-state index in [-0.39, 0.29) is 11.3 Å². The zero-order valence-electron chi connectivity index (χ0n) is 14.6. The maximum atomic E-state index is 14.2. The van der Waals surface area contributed by atoms with E-state index >= 15 is 0 Å². The Bertz CT molecular complexity index is 732. The van der Waals surface area contributed by atoms with Crippen molar-refractivity contribution in [2.45, 2.75) is 44.9 Å². The summed E-state index contributed by atoms with van der Waals surface area (Å²) in [5, 5.41) is 0. The van der Waals surface area contributed by atoms with Crippen LogP contribution in [0.5, 0.6) is 5.75 Å². The molecule has 0 N–H and O–H groups in total. The summed E-state index contributed by atoms with van der Waals surface area (Å²) in [6, 6.07) is 8.34. The molecule has 1 saturated carbocycles. The highest BCUT2D eigenvalue weighted by Gasteiger charge is 2.23. The zero-order valence-corrected chi connectivity index (χ0v) is 14.6. The van der Waals surface area contributed by atoms with Gasteiger partial charge in [0.05, 0.1) is 12.7 Å². The molecule has 0 radical (unpaired) electrons. The molecule has 0 amide bonds. The van der Waals surface area contributed by atoms with Crippen LogP contribution in [0.1, 0.15) is 50.5 Å². The summed E-state index contributed by atoms with van der Waals surface area (Å²) in [4.78, 5) is 0. The molecule has 1 aliphatic rings. The van der Waals surface area contributed by atoms with E-state index in [0.717, 1.165) is 12.0 Å². The Morgan fingerprint density at radius 2 is 1.60 bits per heavy atom. The van der Waals surface area contributed by atoms with Crippen LogP contribution in [0, 0.1) is 23.4 Å². The molecule has 0 aromatic heterocycles. The highest BCUT2D eigenvalue weighted by atomic mass is 19.2. The molecule has 1 aliphatic carbocycles. The minimum Gasteiger partial charge on any atom is -0.496 e. The first-order valence-corrected chi connectivity index (χ1v) is 8.87. The van der Waals surface area contributed by atoms with Crippen LogP contribution in [0.15, 0.2) is 30.3 Å². The summed E-state index contributed by atoms with van der Waals surface area (Å²) in [6.45, 7) is 2.24. The van der Waals surface area contributed by atoms with E-state index in [9.17, 15) is 13.2 Å². The van der Waals surface area contributed by atoms with Crippen molar-refractivity contribution in [1.82, 2.24) is 0 Å². The van der Waals surface area contributed by atoms with E-state index in [4.69, 9.17) is 4.74 Å². The second kappa shape index (κ2) is 7.51. The molecule has 1 fully saturated rings. The molecule has 0 bridgehead atoms. The zero-order chi connectivity index (χ0) is 18.0. The van der Waals surface area contributed by atoms with Gasteiger partial charge in [-0.25, -0.2) is 13.2 Å². The van der Waals surface area contributed by atoms with Crippen molar-refractivity contribution in [2.75, 3.05) is 7.11 Å². The molecular formula is C21H23F3O. The first-order chi connectivity index (χ1) is 12.0. The lowest BCUT2D eigenvalue weighted by Crippen LogP contribution is -2.12. The third-order valence-corrected chi connectivity index (χ3v) is 5.44. The molecule has 0 unspecified atom stereocenters. The lowest BCUT2D eigenvalue weighted by Gasteiger charge is -2.28. The summed E-state index contributed by atoms with van der Waals surface area (Å²) >= 11 is 0. The van der Waals surface area contributed by atoms with Crippen molar-refractivity contribution in [3.05, 3.63) is 53.3 Å². The number of hydrogen-bond donors (Lipinski definition) is 0. The van der Waals surface area contributed by atoms with Crippen LogP contribution in [0.4, 0.5) is 13.2 Å². The van der Waals surface area contributed by atoms with Crippen molar-refractivity contribution in [1.29, 1.82) is 0 Å². The molecule has 3 rings (SSSR count). The minimum atomic E-state index is -1.47. The number of halogens is 3. The van der Waals surface area contributed by atoms with E-state index < -0.39 is 17.5 Å². The average molecular weight is 348 g/mol. The molecule has 134 valence electrons. The van der Waals surface area contributed by atoms with Crippen molar-refractivity contribution >= 4 is 0 Å². The molecule has 2 aromatic rings. The Kier molecular flexibility index (Phi) is 5.36. The summed E-state index contributed by atoms with van der Waals surface area (Å²) in [5.74, 6) is -2.59. The third kappa shape index (κ3) is 3.53. The second-order valence-electron chi connectivity index (χ2n) is 6.81. The minimum absolute atomic E-state index is 0.00685. The van der Waals surface area contributed by atoms with Crippen LogP contribution < -0.4 is 4.74 Å². The Labute approximate surface area is 146 Å². The summed E-state index contributed by atoms with van der Waals surface area (Å²) in [6.07, 6.45) is 6.06. The largest absolute Gasteiger partial charge is 0.496 e. The molecule has 0 aliphatic heterocycles.